The molecule has 0 saturated carbocycles. The fourth-order valence-electron chi connectivity index (χ4n) is 2.17. The highest BCUT2D eigenvalue weighted by atomic mass is 35.5. The number of aromatic nitrogens is 5. The van der Waals surface area contributed by atoms with Gasteiger partial charge in [0.25, 0.3) is 0 Å². The van der Waals surface area contributed by atoms with Gasteiger partial charge in [0.1, 0.15) is 6.54 Å². The maximum atomic E-state index is 12.1. The quantitative estimate of drug-likeness (QED) is 0.783. The average molecular weight is 319 g/mol. The number of carbonyl (C=O) groups excluding carboxylic acids is 1. The number of fused-ring (bicyclic) bond motifs is 1. The summed E-state index contributed by atoms with van der Waals surface area (Å²) < 4.78 is 1.60. The molecule has 114 valence electrons. The molecule has 3 rings (SSSR count). The molecule has 1 aromatic carbocycles. The monoisotopic (exact) mass is 318 g/mol. The second-order valence-electron chi connectivity index (χ2n) is 4.85. The van der Waals surface area contributed by atoms with Crippen molar-refractivity contribution in [3.8, 4) is 0 Å². The summed E-state index contributed by atoms with van der Waals surface area (Å²) >= 11 is 6.09. The lowest BCUT2D eigenvalue weighted by Gasteiger charge is -2.04. The van der Waals surface area contributed by atoms with Gasteiger partial charge in [-0.2, -0.15) is 15.0 Å². The molecule has 2 heterocycles. The van der Waals surface area contributed by atoms with E-state index in [1.54, 1.807) is 21.7 Å². The van der Waals surface area contributed by atoms with Crippen molar-refractivity contribution in [1.82, 2.24) is 24.8 Å². The molecule has 0 aliphatic rings. The van der Waals surface area contributed by atoms with Gasteiger partial charge < -0.3 is 5.32 Å². The summed E-state index contributed by atoms with van der Waals surface area (Å²) in [5.41, 5.74) is 0.817. The van der Waals surface area contributed by atoms with E-state index >= 15 is 0 Å². The third-order valence-electron chi connectivity index (χ3n) is 3.16. The first kappa shape index (κ1) is 14.5. The average Bonchev–Trinajstić information content (AvgIpc) is 3.08. The zero-order valence-electron chi connectivity index (χ0n) is 12.0. The number of hydrogen-bond donors (Lipinski definition) is 1. The van der Waals surface area contributed by atoms with E-state index < -0.39 is 0 Å². The topological polar surface area (TPSA) is 77.6 Å². The highest BCUT2D eigenvalue weighted by Gasteiger charge is 2.11. The Balaban J connectivity index is 1.71. The number of nitrogens with zero attached hydrogens (tertiary/aromatic N) is 5. The second kappa shape index (κ2) is 6.15. The third kappa shape index (κ3) is 2.94. The number of halogens is 1. The first-order chi connectivity index (χ1) is 10.7. The van der Waals surface area contributed by atoms with Crippen molar-refractivity contribution in [2.45, 2.75) is 26.4 Å². The van der Waals surface area contributed by atoms with Crippen LogP contribution in [-0.4, -0.2) is 30.7 Å². The zero-order chi connectivity index (χ0) is 15.5. The van der Waals surface area contributed by atoms with E-state index in [1.165, 1.54) is 6.20 Å². The van der Waals surface area contributed by atoms with Crippen LogP contribution in [0.2, 0.25) is 5.02 Å². The molecule has 0 bridgehead atoms. The molecule has 0 aliphatic heterocycles. The molecule has 8 heteroatoms. The van der Waals surface area contributed by atoms with E-state index in [0.717, 1.165) is 23.9 Å². The van der Waals surface area contributed by atoms with Crippen LogP contribution in [0.4, 0.5) is 5.82 Å². The predicted octanol–water partition coefficient (Wildman–Crippen LogP) is 2.33. The van der Waals surface area contributed by atoms with Crippen molar-refractivity contribution >= 4 is 34.2 Å². The van der Waals surface area contributed by atoms with Gasteiger partial charge in [-0.3, -0.25) is 9.48 Å². The Labute approximate surface area is 131 Å². The molecule has 2 aromatic heterocycles. The van der Waals surface area contributed by atoms with Crippen molar-refractivity contribution in [3.05, 3.63) is 35.6 Å². The zero-order valence-corrected chi connectivity index (χ0v) is 12.8. The number of carbonyl (C=O) groups is 1. The third-order valence-corrected chi connectivity index (χ3v) is 3.48. The van der Waals surface area contributed by atoms with Gasteiger partial charge in [-0.1, -0.05) is 24.6 Å². The molecule has 0 unspecified atom stereocenters. The van der Waals surface area contributed by atoms with Crippen LogP contribution >= 0.6 is 11.6 Å². The molecular weight excluding hydrogens is 304 g/mol. The number of amides is 1. The van der Waals surface area contributed by atoms with Crippen molar-refractivity contribution in [2.24, 2.45) is 0 Å². The minimum atomic E-state index is -0.214. The van der Waals surface area contributed by atoms with E-state index in [0.29, 0.717) is 10.8 Å². The van der Waals surface area contributed by atoms with Gasteiger partial charge in [0.15, 0.2) is 5.82 Å². The Hall–Kier alpha value is -2.41. The largest absolute Gasteiger partial charge is 0.306 e. The summed E-state index contributed by atoms with van der Waals surface area (Å²) in [5, 5.41) is 16.6. The van der Waals surface area contributed by atoms with Crippen molar-refractivity contribution < 1.29 is 4.79 Å². The summed E-state index contributed by atoms with van der Waals surface area (Å²) in [6, 6.07) is 5.50. The summed E-state index contributed by atoms with van der Waals surface area (Å²) in [6.45, 7) is 2.85. The lowest BCUT2D eigenvalue weighted by molar-refractivity contribution is -0.116. The number of benzene rings is 1. The summed E-state index contributed by atoms with van der Waals surface area (Å²) in [5.74, 6) is 0.224. The summed E-state index contributed by atoms with van der Waals surface area (Å²) in [7, 11) is 0. The highest BCUT2D eigenvalue weighted by molar-refractivity contribution is 6.35. The minimum Gasteiger partial charge on any atom is -0.306 e. The molecule has 0 radical (unpaired) electrons. The van der Waals surface area contributed by atoms with Gasteiger partial charge in [0.05, 0.1) is 29.5 Å². The van der Waals surface area contributed by atoms with Crippen molar-refractivity contribution in [1.29, 1.82) is 0 Å². The second-order valence-corrected chi connectivity index (χ2v) is 5.26. The van der Waals surface area contributed by atoms with Gasteiger partial charge in [-0.25, -0.2) is 0 Å². The predicted molar refractivity (Wildman–Crippen MR) is 83.7 cm³/mol. The SMILES string of the molecule is CCCn1ncc(NC(=O)Cn2ncc3c(Cl)cccc32)n1. The van der Waals surface area contributed by atoms with E-state index in [9.17, 15) is 4.79 Å². The van der Waals surface area contributed by atoms with E-state index in [1.807, 2.05) is 19.1 Å². The number of anilines is 1. The first-order valence-corrected chi connectivity index (χ1v) is 7.35. The fraction of sp³-hybridized carbons (Fsp3) is 0.286. The molecular formula is C14H15ClN6O. The van der Waals surface area contributed by atoms with Crippen LogP contribution in [0.15, 0.2) is 30.6 Å². The number of rotatable bonds is 5. The molecule has 1 amide bonds. The molecule has 0 fully saturated rings. The molecule has 7 nitrogen and oxygen atoms in total. The normalized spacial score (nSPS) is 11.0. The standard InChI is InChI=1S/C14H15ClN6O/c1-2-6-21-17-8-13(19-21)18-14(22)9-20-12-5-3-4-11(15)10(12)7-16-20/h3-5,7-8H,2,6,9H2,1H3,(H,18,19,22). The first-order valence-electron chi connectivity index (χ1n) is 6.97. The Bertz CT molecular complexity index is 809. The fourth-order valence-corrected chi connectivity index (χ4v) is 2.39. The van der Waals surface area contributed by atoms with Gasteiger partial charge in [-0.15, -0.1) is 5.10 Å². The Morgan fingerprint density at radius 3 is 3.00 bits per heavy atom. The van der Waals surface area contributed by atoms with Crippen molar-refractivity contribution in [3.63, 3.8) is 0 Å². The van der Waals surface area contributed by atoms with Crippen LogP contribution in [-0.2, 0) is 17.9 Å². The van der Waals surface area contributed by atoms with Crippen LogP contribution in [0.1, 0.15) is 13.3 Å². The Morgan fingerprint density at radius 1 is 1.32 bits per heavy atom. The number of aryl methyl sites for hydroxylation is 1. The highest BCUT2D eigenvalue weighted by Crippen LogP contribution is 2.22. The molecule has 0 spiro atoms. The van der Waals surface area contributed by atoms with Crippen molar-refractivity contribution in [2.75, 3.05) is 5.32 Å². The van der Waals surface area contributed by atoms with Crippen LogP contribution in [0, 0.1) is 0 Å². The summed E-state index contributed by atoms with van der Waals surface area (Å²) in [6.07, 6.45) is 4.12. The van der Waals surface area contributed by atoms with Crippen LogP contribution in [0.5, 0.6) is 0 Å². The molecule has 0 aliphatic carbocycles. The smallest absolute Gasteiger partial charge is 0.247 e. The summed E-state index contributed by atoms with van der Waals surface area (Å²) in [4.78, 5) is 13.6. The van der Waals surface area contributed by atoms with Crippen LogP contribution in [0.3, 0.4) is 0 Å². The molecule has 0 atom stereocenters. The molecule has 3 aromatic rings. The van der Waals surface area contributed by atoms with Crippen LogP contribution in [0.25, 0.3) is 10.9 Å². The maximum absolute atomic E-state index is 12.1. The Morgan fingerprint density at radius 2 is 2.18 bits per heavy atom. The van der Waals surface area contributed by atoms with Gasteiger partial charge >= 0.3 is 0 Å². The minimum absolute atomic E-state index is 0.0878. The van der Waals surface area contributed by atoms with E-state index in [2.05, 4.69) is 20.6 Å². The maximum Gasteiger partial charge on any atom is 0.247 e. The van der Waals surface area contributed by atoms with Gasteiger partial charge in [0.2, 0.25) is 5.91 Å². The molecule has 22 heavy (non-hydrogen) atoms. The van der Waals surface area contributed by atoms with Gasteiger partial charge in [-0.05, 0) is 18.6 Å². The molecule has 1 N–H and O–H groups in total. The van der Waals surface area contributed by atoms with Gasteiger partial charge in [0, 0.05) is 5.39 Å². The lowest BCUT2D eigenvalue weighted by Crippen LogP contribution is -2.19. The Kier molecular flexibility index (Phi) is 4.06. The number of nitrogens with one attached hydrogen (secondary N) is 1. The van der Waals surface area contributed by atoms with Crippen LogP contribution < -0.4 is 5.32 Å². The molecule has 0 saturated heterocycles. The van der Waals surface area contributed by atoms with E-state index in [-0.39, 0.29) is 12.5 Å². The lowest BCUT2D eigenvalue weighted by atomic mass is 10.2. The van der Waals surface area contributed by atoms with E-state index in [4.69, 9.17) is 11.6 Å². The number of hydrogen-bond acceptors (Lipinski definition) is 4.